The first-order valence-electron chi connectivity index (χ1n) is 10.4. The molecule has 0 fully saturated rings. The fourth-order valence-electron chi connectivity index (χ4n) is 3.63. The molecule has 1 aliphatic rings. The summed E-state index contributed by atoms with van der Waals surface area (Å²) in [5.41, 5.74) is 1.96. The molecular weight excluding hydrogens is 484 g/mol. The second kappa shape index (κ2) is 9.52. The van der Waals surface area contributed by atoms with Crippen LogP contribution < -0.4 is 10.0 Å². The average Bonchev–Trinajstić information content (AvgIpc) is 3.18. The molecule has 0 unspecified atom stereocenters. The summed E-state index contributed by atoms with van der Waals surface area (Å²) in [6, 6.07) is 10.8. The van der Waals surface area contributed by atoms with E-state index in [1.54, 1.807) is 31.3 Å². The highest BCUT2D eigenvalue weighted by molar-refractivity contribution is 7.92. The van der Waals surface area contributed by atoms with Crippen LogP contribution in [-0.4, -0.2) is 25.1 Å². The standard InChI is InChI=1S/C24H20ClF2N3O3S/c1-2-11-34(32,33)30-21-8-7-18(26)22(23(21)27)24(31)29-20-10-9-19-17(20)12-15(13-28-19)14-3-5-16(25)6-4-14/h3-8,10,12-13,30H,2,9,11H2,1H3,(H,29,31). The topological polar surface area (TPSA) is 88.2 Å². The number of carbonyl (C=O) groups is 1. The van der Waals surface area contributed by atoms with Crippen molar-refractivity contribution in [3.05, 3.63) is 88.2 Å². The Bertz CT molecular complexity index is 1410. The van der Waals surface area contributed by atoms with E-state index in [2.05, 4.69) is 15.0 Å². The van der Waals surface area contributed by atoms with Gasteiger partial charge in [0.05, 0.1) is 17.1 Å². The van der Waals surface area contributed by atoms with Gasteiger partial charge in [-0.15, -0.1) is 0 Å². The molecule has 1 amide bonds. The molecule has 0 radical (unpaired) electrons. The Morgan fingerprint density at radius 3 is 2.56 bits per heavy atom. The van der Waals surface area contributed by atoms with E-state index in [-0.39, 0.29) is 5.75 Å². The summed E-state index contributed by atoms with van der Waals surface area (Å²) in [6.45, 7) is 1.65. The minimum Gasteiger partial charge on any atom is -0.321 e. The van der Waals surface area contributed by atoms with Gasteiger partial charge in [-0.25, -0.2) is 17.2 Å². The molecule has 1 aromatic heterocycles. The van der Waals surface area contributed by atoms with Crippen LogP contribution in [0.25, 0.3) is 16.8 Å². The van der Waals surface area contributed by atoms with Crippen LogP contribution in [-0.2, 0) is 16.4 Å². The Balaban J connectivity index is 1.61. The van der Waals surface area contributed by atoms with E-state index in [1.165, 1.54) is 0 Å². The molecule has 176 valence electrons. The number of anilines is 1. The third-order valence-electron chi connectivity index (χ3n) is 5.24. The summed E-state index contributed by atoms with van der Waals surface area (Å²) >= 11 is 5.95. The number of aromatic nitrogens is 1. The molecule has 3 aromatic rings. The minimum absolute atomic E-state index is 0.238. The van der Waals surface area contributed by atoms with Crippen LogP contribution in [0.1, 0.15) is 35.0 Å². The molecule has 1 heterocycles. The smallest absolute Gasteiger partial charge is 0.261 e. The molecule has 2 aromatic carbocycles. The first kappa shape index (κ1) is 23.8. The summed E-state index contributed by atoms with van der Waals surface area (Å²) in [7, 11) is -3.83. The van der Waals surface area contributed by atoms with Crippen molar-refractivity contribution < 1.29 is 22.0 Å². The second-order valence-electron chi connectivity index (χ2n) is 7.71. The summed E-state index contributed by atoms with van der Waals surface area (Å²) in [5.74, 6) is -3.68. The fraction of sp³-hybridized carbons (Fsp3) is 0.167. The largest absolute Gasteiger partial charge is 0.321 e. The summed E-state index contributed by atoms with van der Waals surface area (Å²) in [4.78, 5) is 17.3. The van der Waals surface area contributed by atoms with Gasteiger partial charge < -0.3 is 5.32 Å². The van der Waals surface area contributed by atoms with E-state index in [1.807, 2.05) is 18.2 Å². The summed E-state index contributed by atoms with van der Waals surface area (Å²) in [6.07, 6.45) is 4.15. The maximum Gasteiger partial charge on any atom is 0.261 e. The monoisotopic (exact) mass is 503 g/mol. The Kier molecular flexibility index (Phi) is 6.67. The van der Waals surface area contributed by atoms with Crippen LogP contribution in [0.2, 0.25) is 5.02 Å². The molecular formula is C24H20ClF2N3O3S. The maximum absolute atomic E-state index is 15.0. The Hall–Kier alpha value is -3.30. The molecule has 0 atom stereocenters. The minimum atomic E-state index is -3.83. The molecule has 1 aliphatic carbocycles. The first-order chi connectivity index (χ1) is 16.2. The highest BCUT2D eigenvalue weighted by atomic mass is 35.5. The molecule has 4 rings (SSSR count). The van der Waals surface area contributed by atoms with Crippen LogP contribution in [0.4, 0.5) is 14.5 Å². The lowest BCUT2D eigenvalue weighted by Crippen LogP contribution is -2.25. The number of hydrogen-bond acceptors (Lipinski definition) is 4. The predicted molar refractivity (Wildman–Crippen MR) is 128 cm³/mol. The van der Waals surface area contributed by atoms with Crippen molar-refractivity contribution in [1.29, 1.82) is 0 Å². The number of rotatable bonds is 7. The van der Waals surface area contributed by atoms with Crippen molar-refractivity contribution in [3.8, 4) is 11.1 Å². The molecule has 2 N–H and O–H groups in total. The number of nitrogens with one attached hydrogen (secondary N) is 2. The molecule has 6 nitrogen and oxygen atoms in total. The van der Waals surface area contributed by atoms with Crippen molar-refractivity contribution in [2.75, 3.05) is 10.5 Å². The van der Waals surface area contributed by atoms with Gasteiger partial charge in [0.2, 0.25) is 10.0 Å². The second-order valence-corrected chi connectivity index (χ2v) is 9.98. The number of hydrogen-bond donors (Lipinski definition) is 2. The van der Waals surface area contributed by atoms with Crippen molar-refractivity contribution >= 4 is 38.9 Å². The number of carbonyl (C=O) groups excluding carboxylic acids is 1. The van der Waals surface area contributed by atoms with Gasteiger partial charge in [-0.1, -0.05) is 36.7 Å². The van der Waals surface area contributed by atoms with Crippen LogP contribution >= 0.6 is 11.6 Å². The van der Waals surface area contributed by atoms with Gasteiger partial charge in [-0.3, -0.25) is 14.5 Å². The van der Waals surface area contributed by atoms with Crippen molar-refractivity contribution in [3.63, 3.8) is 0 Å². The van der Waals surface area contributed by atoms with Gasteiger partial charge in [0.15, 0.2) is 5.82 Å². The van der Waals surface area contributed by atoms with Gasteiger partial charge in [0, 0.05) is 34.5 Å². The Labute approximate surface area is 200 Å². The summed E-state index contributed by atoms with van der Waals surface area (Å²) < 4.78 is 55.5. The number of allylic oxidation sites excluding steroid dienone is 1. The summed E-state index contributed by atoms with van der Waals surface area (Å²) in [5, 5.41) is 3.13. The lowest BCUT2D eigenvalue weighted by atomic mass is 10.0. The van der Waals surface area contributed by atoms with Gasteiger partial charge in [-0.2, -0.15) is 0 Å². The van der Waals surface area contributed by atoms with E-state index >= 15 is 0 Å². The van der Waals surface area contributed by atoms with Crippen molar-refractivity contribution in [1.82, 2.24) is 10.3 Å². The maximum atomic E-state index is 15.0. The highest BCUT2D eigenvalue weighted by Gasteiger charge is 2.25. The van der Waals surface area contributed by atoms with Crippen LogP contribution in [0, 0.1) is 11.6 Å². The third-order valence-corrected chi connectivity index (χ3v) is 6.97. The fourth-order valence-corrected chi connectivity index (χ4v) is 4.89. The average molecular weight is 504 g/mol. The van der Waals surface area contributed by atoms with Crippen LogP contribution in [0.3, 0.4) is 0 Å². The Morgan fingerprint density at radius 1 is 1.12 bits per heavy atom. The van der Waals surface area contributed by atoms with Crippen molar-refractivity contribution in [2.45, 2.75) is 19.8 Å². The molecule has 0 saturated heterocycles. The molecule has 0 saturated carbocycles. The Morgan fingerprint density at radius 2 is 1.85 bits per heavy atom. The van der Waals surface area contributed by atoms with E-state index in [4.69, 9.17) is 11.6 Å². The molecule has 10 heteroatoms. The third kappa shape index (κ3) is 4.95. The van der Waals surface area contributed by atoms with Crippen LogP contribution in [0.15, 0.2) is 54.7 Å². The lowest BCUT2D eigenvalue weighted by Gasteiger charge is -2.13. The van der Waals surface area contributed by atoms with E-state index in [0.29, 0.717) is 34.8 Å². The van der Waals surface area contributed by atoms with Gasteiger partial charge in [0.25, 0.3) is 5.91 Å². The van der Waals surface area contributed by atoms with Crippen molar-refractivity contribution in [2.24, 2.45) is 0 Å². The number of halogens is 3. The number of amides is 1. The number of pyridine rings is 1. The molecule has 0 spiro atoms. The zero-order valence-corrected chi connectivity index (χ0v) is 19.6. The first-order valence-corrected chi connectivity index (χ1v) is 12.5. The van der Waals surface area contributed by atoms with Crippen LogP contribution in [0.5, 0.6) is 0 Å². The SMILES string of the molecule is CCCS(=O)(=O)Nc1ccc(F)c(C(=O)NC2=CCc3ncc(-c4ccc(Cl)cc4)cc32)c1F. The highest BCUT2D eigenvalue weighted by Crippen LogP contribution is 2.30. The van der Waals surface area contributed by atoms with E-state index < -0.39 is 38.8 Å². The number of sulfonamides is 1. The zero-order chi connectivity index (χ0) is 24.5. The van der Waals surface area contributed by atoms with E-state index in [9.17, 15) is 22.0 Å². The zero-order valence-electron chi connectivity index (χ0n) is 18.0. The quantitative estimate of drug-likeness (QED) is 0.466. The number of benzene rings is 2. The van der Waals surface area contributed by atoms with Gasteiger partial charge >= 0.3 is 0 Å². The van der Waals surface area contributed by atoms with Gasteiger partial charge in [-0.05, 0) is 42.3 Å². The molecule has 34 heavy (non-hydrogen) atoms. The lowest BCUT2D eigenvalue weighted by molar-refractivity contribution is 0.0965. The number of fused-ring (bicyclic) bond motifs is 1. The van der Waals surface area contributed by atoms with E-state index in [0.717, 1.165) is 23.3 Å². The van der Waals surface area contributed by atoms with Gasteiger partial charge in [0.1, 0.15) is 11.4 Å². The molecule has 0 aliphatic heterocycles. The normalized spacial score (nSPS) is 12.8. The number of nitrogens with zero attached hydrogens (tertiary/aromatic N) is 1. The predicted octanol–water partition coefficient (Wildman–Crippen LogP) is 5.16. The molecule has 0 bridgehead atoms.